The second-order valence-corrected chi connectivity index (χ2v) is 6.82. The highest BCUT2D eigenvalue weighted by atomic mass is 35.5. The number of piperidine rings is 1. The minimum atomic E-state index is -0.362. The number of carbonyl (C=O) groups is 2. The van der Waals surface area contributed by atoms with Crippen molar-refractivity contribution in [3.05, 3.63) is 28.8 Å². The van der Waals surface area contributed by atoms with E-state index in [0.29, 0.717) is 22.9 Å². The van der Waals surface area contributed by atoms with Crippen LogP contribution in [0.1, 0.15) is 42.5 Å². The van der Waals surface area contributed by atoms with Crippen LogP contribution >= 0.6 is 11.6 Å². The first kappa shape index (κ1) is 17.1. The molecule has 0 aromatic heterocycles. The number of benzene rings is 1. The number of amides is 2. The van der Waals surface area contributed by atoms with Crippen LogP contribution in [0.5, 0.6) is 5.75 Å². The molecule has 0 saturated carbocycles. The van der Waals surface area contributed by atoms with E-state index in [0.717, 1.165) is 38.8 Å². The van der Waals surface area contributed by atoms with E-state index in [1.54, 1.807) is 23.1 Å². The molecule has 3 rings (SSSR count). The van der Waals surface area contributed by atoms with E-state index < -0.39 is 0 Å². The Morgan fingerprint density at radius 2 is 1.88 bits per heavy atom. The third-order valence-electron chi connectivity index (χ3n) is 4.86. The first-order valence-corrected chi connectivity index (χ1v) is 8.93. The third-order valence-corrected chi connectivity index (χ3v) is 5.09. The summed E-state index contributed by atoms with van der Waals surface area (Å²) in [5, 5.41) is 0.484. The molecule has 1 atom stereocenters. The molecule has 6 heteroatoms. The van der Waals surface area contributed by atoms with Crippen molar-refractivity contribution in [1.29, 1.82) is 0 Å². The molecule has 0 N–H and O–H groups in total. The van der Waals surface area contributed by atoms with Crippen LogP contribution in [0.2, 0.25) is 5.02 Å². The number of halogens is 1. The van der Waals surface area contributed by atoms with Gasteiger partial charge in [0.25, 0.3) is 5.91 Å². The molecule has 24 heavy (non-hydrogen) atoms. The first-order chi connectivity index (χ1) is 11.6. The van der Waals surface area contributed by atoms with Crippen LogP contribution in [-0.4, -0.2) is 54.4 Å². The summed E-state index contributed by atoms with van der Waals surface area (Å²) in [5.41, 5.74) is 0.420. The number of rotatable bonds is 3. The van der Waals surface area contributed by atoms with E-state index in [1.165, 1.54) is 13.5 Å². The number of ether oxygens (including phenoxy) is 1. The highest BCUT2D eigenvalue weighted by molar-refractivity contribution is 6.31. The highest BCUT2D eigenvalue weighted by Crippen LogP contribution is 2.28. The van der Waals surface area contributed by atoms with Crippen LogP contribution in [0, 0.1) is 0 Å². The summed E-state index contributed by atoms with van der Waals surface area (Å²) >= 11 is 6.04. The summed E-state index contributed by atoms with van der Waals surface area (Å²) < 4.78 is 5.29. The molecule has 1 aromatic rings. The Kier molecular flexibility index (Phi) is 5.29. The van der Waals surface area contributed by atoms with Crippen molar-refractivity contribution in [2.75, 3.05) is 26.7 Å². The number of nitrogens with zero attached hydrogens (tertiary/aromatic N) is 2. The lowest BCUT2D eigenvalue weighted by atomic mass is 10.1. The summed E-state index contributed by atoms with van der Waals surface area (Å²) in [7, 11) is 1.53. The van der Waals surface area contributed by atoms with Crippen molar-refractivity contribution >= 4 is 23.4 Å². The van der Waals surface area contributed by atoms with Gasteiger partial charge in [-0.1, -0.05) is 11.6 Å². The van der Waals surface area contributed by atoms with Crippen molar-refractivity contribution < 1.29 is 14.3 Å². The van der Waals surface area contributed by atoms with Crippen LogP contribution in [-0.2, 0) is 4.79 Å². The maximum atomic E-state index is 13.0. The minimum absolute atomic E-state index is 0.0848. The van der Waals surface area contributed by atoms with Gasteiger partial charge in [0.05, 0.1) is 12.7 Å². The summed E-state index contributed by atoms with van der Waals surface area (Å²) in [5.74, 6) is 0.393. The fourth-order valence-corrected chi connectivity index (χ4v) is 3.77. The van der Waals surface area contributed by atoms with Crippen molar-refractivity contribution in [3.63, 3.8) is 0 Å². The normalized spacial score (nSPS) is 21.0. The summed E-state index contributed by atoms with van der Waals surface area (Å²) in [6.45, 7) is 2.20. The quantitative estimate of drug-likeness (QED) is 0.842. The van der Waals surface area contributed by atoms with Gasteiger partial charge in [-0.25, -0.2) is 0 Å². The number of methoxy groups -OCH3 is 1. The molecule has 1 aromatic carbocycles. The molecule has 2 aliphatic rings. The van der Waals surface area contributed by atoms with Crippen molar-refractivity contribution in [1.82, 2.24) is 9.80 Å². The van der Waals surface area contributed by atoms with E-state index in [1.807, 2.05) is 4.90 Å². The number of hydrogen-bond acceptors (Lipinski definition) is 3. The fourth-order valence-electron chi connectivity index (χ4n) is 3.59. The lowest BCUT2D eigenvalue weighted by Crippen LogP contribution is -2.49. The molecule has 2 fully saturated rings. The Bertz CT molecular complexity index is 629. The zero-order chi connectivity index (χ0) is 17.1. The summed E-state index contributed by atoms with van der Waals surface area (Å²) in [6, 6.07) is 4.63. The largest absolute Gasteiger partial charge is 0.496 e. The molecule has 2 amide bonds. The van der Waals surface area contributed by atoms with Gasteiger partial charge in [-0.05, 0) is 50.3 Å². The maximum absolute atomic E-state index is 13.0. The number of hydrogen-bond donors (Lipinski definition) is 0. The lowest BCUT2D eigenvalue weighted by Gasteiger charge is -2.32. The summed E-state index contributed by atoms with van der Waals surface area (Å²) in [6.07, 6.45) is 4.85. The molecule has 0 unspecified atom stereocenters. The van der Waals surface area contributed by atoms with Crippen LogP contribution in [0.15, 0.2) is 18.2 Å². The third kappa shape index (κ3) is 3.36. The zero-order valence-corrected chi connectivity index (χ0v) is 14.7. The van der Waals surface area contributed by atoms with E-state index in [-0.39, 0.29) is 17.9 Å². The molecule has 130 valence electrons. The van der Waals surface area contributed by atoms with Gasteiger partial charge in [0.2, 0.25) is 5.91 Å². The van der Waals surface area contributed by atoms with Gasteiger partial charge in [0.1, 0.15) is 11.8 Å². The van der Waals surface area contributed by atoms with Gasteiger partial charge < -0.3 is 14.5 Å². The SMILES string of the molecule is COc1ccc(Cl)cc1C(=O)N1CCC[C@H]1C(=O)N1CCCCC1. The van der Waals surface area contributed by atoms with Gasteiger partial charge in [-0.3, -0.25) is 9.59 Å². The van der Waals surface area contributed by atoms with Crippen LogP contribution < -0.4 is 4.74 Å². The fraction of sp³-hybridized carbons (Fsp3) is 0.556. The van der Waals surface area contributed by atoms with E-state index in [4.69, 9.17) is 16.3 Å². The van der Waals surface area contributed by atoms with E-state index in [2.05, 4.69) is 0 Å². The van der Waals surface area contributed by atoms with E-state index >= 15 is 0 Å². The van der Waals surface area contributed by atoms with Gasteiger partial charge in [-0.15, -0.1) is 0 Å². The Balaban J connectivity index is 1.81. The number of likely N-dealkylation sites (tertiary alicyclic amines) is 2. The predicted molar refractivity (Wildman–Crippen MR) is 92.5 cm³/mol. The number of carbonyl (C=O) groups excluding carboxylic acids is 2. The molecule has 2 saturated heterocycles. The van der Waals surface area contributed by atoms with Gasteiger partial charge in [-0.2, -0.15) is 0 Å². The average Bonchev–Trinajstić information content (AvgIpc) is 3.10. The highest BCUT2D eigenvalue weighted by Gasteiger charge is 2.37. The first-order valence-electron chi connectivity index (χ1n) is 8.55. The van der Waals surface area contributed by atoms with Gasteiger partial charge >= 0.3 is 0 Å². The standard InChI is InChI=1S/C18H23ClN2O3/c1-24-16-8-7-13(19)12-14(16)17(22)21-11-5-6-15(21)18(23)20-9-3-2-4-10-20/h7-8,12,15H,2-6,9-11H2,1H3/t15-/m0/s1. The molecule has 2 heterocycles. The average molecular weight is 351 g/mol. The van der Waals surface area contributed by atoms with E-state index in [9.17, 15) is 9.59 Å². The monoisotopic (exact) mass is 350 g/mol. The van der Waals surface area contributed by atoms with Crippen LogP contribution in [0.25, 0.3) is 0 Å². The van der Waals surface area contributed by atoms with Crippen molar-refractivity contribution in [2.24, 2.45) is 0 Å². The van der Waals surface area contributed by atoms with Crippen LogP contribution in [0.4, 0.5) is 0 Å². The van der Waals surface area contributed by atoms with Gasteiger partial charge in [0, 0.05) is 24.7 Å². The van der Waals surface area contributed by atoms with Gasteiger partial charge in [0.15, 0.2) is 0 Å². The Labute approximate surface area is 147 Å². The molecular weight excluding hydrogens is 328 g/mol. The van der Waals surface area contributed by atoms with Crippen LogP contribution in [0.3, 0.4) is 0 Å². The molecular formula is C18H23ClN2O3. The lowest BCUT2D eigenvalue weighted by molar-refractivity contribution is -0.136. The molecule has 0 bridgehead atoms. The Morgan fingerprint density at radius 3 is 2.58 bits per heavy atom. The molecule has 0 radical (unpaired) electrons. The molecule has 2 aliphatic heterocycles. The Hall–Kier alpha value is -1.75. The zero-order valence-electron chi connectivity index (χ0n) is 14.0. The molecule has 0 spiro atoms. The molecule has 0 aliphatic carbocycles. The van der Waals surface area contributed by atoms with Crippen molar-refractivity contribution in [2.45, 2.75) is 38.1 Å². The second-order valence-electron chi connectivity index (χ2n) is 6.39. The maximum Gasteiger partial charge on any atom is 0.258 e. The molecule has 5 nitrogen and oxygen atoms in total. The summed E-state index contributed by atoms with van der Waals surface area (Å²) in [4.78, 5) is 29.4. The second kappa shape index (κ2) is 7.43. The smallest absolute Gasteiger partial charge is 0.258 e. The minimum Gasteiger partial charge on any atom is -0.496 e. The van der Waals surface area contributed by atoms with Crippen molar-refractivity contribution in [3.8, 4) is 5.75 Å². The topological polar surface area (TPSA) is 49.9 Å². The Morgan fingerprint density at radius 1 is 1.12 bits per heavy atom. The predicted octanol–water partition coefficient (Wildman–Crippen LogP) is 2.97.